The Morgan fingerprint density at radius 3 is 2.58 bits per heavy atom. The molecule has 170 valence electrons. The molecule has 1 aliphatic heterocycles. The highest BCUT2D eigenvalue weighted by molar-refractivity contribution is 5.93. The topological polar surface area (TPSA) is 38.1 Å². The van der Waals surface area contributed by atoms with E-state index >= 15 is 4.39 Å². The molecule has 1 aromatic heterocycles. The molecule has 2 heterocycles. The van der Waals surface area contributed by atoms with Gasteiger partial charge in [-0.25, -0.2) is 9.18 Å². The number of hydrogen-bond donors (Lipinski definition) is 0. The van der Waals surface area contributed by atoms with Gasteiger partial charge >= 0.3 is 5.69 Å². The van der Waals surface area contributed by atoms with Crippen molar-refractivity contribution in [2.75, 3.05) is 11.4 Å². The fourth-order valence-electron chi connectivity index (χ4n) is 4.71. The number of benzene rings is 2. The summed E-state index contributed by atoms with van der Waals surface area (Å²) in [6.07, 6.45) is 5.16. The quantitative estimate of drug-likeness (QED) is 0.439. The second-order valence-corrected chi connectivity index (χ2v) is 10.6. The predicted molar refractivity (Wildman–Crippen MR) is 132 cm³/mol. The van der Waals surface area contributed by atoms with Crippen LogP contribution in [0.5, 0.6) is 0 Å². The van der Waals surface area contributed by atoms with Crippen LogP contribution in [0.25, 0.3) is 10.9 Å². The monoisotopic (exact) mass is 443 g/mol. The van der Waals surface area contributed by atoms with Gasteiger partial charge in [0.25, 0.3) is 0 Å². The SMILES string of the molecule is CC1(C#Cc2cccc3c2CCCCN3c2nc(=O)n(C(C)(C)C)c3cccc(F)c23)CC1. The molecule has 4 nitrogen and oxygen atoms in total. The van der Waals surface area contributed by atoms with E-state index in [1.165, 1.54) is 6.07 Å². The first-order valence-electron chi connectivity index (χ1n) is 11.8. The minimum Gasteiger partial charge on any atom is -0.325 e. The number of halogens is 1. The minimum atomic E-state index is -0.521. The van der Waals surface area contributed by atoms with E-state index < -0.39 is 5.54 Å². The summed E-state index contributed by atoms with van der Waals surface area (Å²) in [5.74, 6) is 6.91. The minimum absolute atomic E-state index is 0.144. The average molecular weight is 444 g/mol. The summed E-state index contributed by atoms with van der Waals surface area (Å²) >= 11 is 0. The van der Waals surface area contributed by atoms with Gasteiger partial charge in [0.15, 0.2) is 5.82 Å². The van der Waals surface area contributed by atoms with E-state index in [1.807, 2.05) is 43.9 Å². The molecule has 2 aromatic carbocycles. The maximum absolute atomic E-state index is 15.3. The van der Waals surface area contributed by atoms with Gasteiger partial charge in [-0.3, -0.25) is 4.57 Å². The molecule has 0 spiro atoms. The number of hydrogen-bond acceptors (Lipinski definition) is 3. The van der Waals surface area contributed by atoms with Gasteiger partial charge in [-0.1, -0.05) is 24.0 Å². The van der Waals surface area contributed by atoms with Gasteiger partial charge in [0.05, 0.1) is 10.9 Å². The lowest BCUT2D eigenvalue weighted by molar-refractivity contribution is 0.391. The van der Waals surface area contributed by atoms with Gasteiger partial charge in [0, 0.05) is 28.7 Å². The zero-order valence-electron chi connectivity index (χ0n) is 19.8. The lowest BCUT2D eigenvalue weighted by Crippen LogP contribution is -2.37. The molecule has 5 rings (SSSR count). The van der Waals surface area contributed by atoms with Crippen LogP contribution in [-0.4, -0.2) is 16.1 Å². The van der Waals surface area contributed by atoms with Crippen molar-refractivity contribution in [2.45, 2.75) is 65.3 Å². The Labute approximate surface area is 194 Å². The lowest BCUT2D eigenvalue weighted by atomic mass is 9.99. The van der Waals surface area contributed by atoms with Crippen LogP contribution in [-0.2, 0) is 12.0 Å². The fourth-order valence-corrected chi connectivity index (χ4v) is 4.71. The van der Waals surface area contributed by atoms with E-state index in [4.69, 9.17) is 0 Å². The van der Waals surface area contributed by atoms with Crippen molar-refractivity contribution in [3.8, 4) is 11.8 Å². The second kappa shape index (κ2) is 7.73. The van der Waals surface area contributed by atoms with Gasteiger partial charge in [0.1, 0.15) is 5.82 Å². The molecule has 2 aliphatic rings. The normalized spacial score (nSPS) is 17.2. The van der Waals surface area contributed by atoms with E-state index in [0.29, 0.717) is 23.3 Å². The fraction of sp³-hybridized carbons (Fsp3) is 0.429. The van der Waals surface area contributed by atoms with Crippen molar-refractivity contribution in [1.82, 2.24) is 9.55 Å². The summed E-state index contributed by atoms with van der Waals surface area (Å²) in [6, 6.07) is 11.0. The third-order valence-corrected chi connectivity index (χ3v) is 6.77. The van der Waals surface area contributed by atoms with Crippen molar-refractivity contribution >= 4 is 22.4 Å². The molecule has 1 fully saturated rings. The first-order chi connectivity index (χ1) is 15.7. The Balaban J connectivity index is 1.74. The third kappa shape index (κ3) is 3.93. The molecule has 33 heavy (non-hydrogen) atoms. The molecular formula is C28H30FN3O. The number of nitrogens with zero attached hydrogens (tertiary/aromatic N) is 3. The first-order valence-corrected chi connectivity index (χ1v) is 11.8. The van der Waals surface area contributed by atoms with Gasteiger partial charge < -0.3 is 4.90 Å². The molecule has 5 heteroatoms. The van der Waals surface area contributed by atoms with E-state index in [-0.39, 0.29) is 16.9 Å². The second-order valence-electron chi connectivity index (χ2n) is 10.6. The molecule has 1 saturated carbocycles. The van der Waals surface area contributed by atoms with Crippen LogP contribution in [0.1, 0.15) is 64.5 Å². The first kappa shape index (κ1) is 21.7. The van der Waals surface area contributed by atoms with E-state index in [2.05, 4.69) is 29.8 Å². The zero-order chi connectivity index (χ0) is 23.4. The number of fused-ring (bicyclic) bond motifs is 2. The van der Waals surface area contributed by atoms with Crippen LogP contribution in [0.15, 0.2) is 41.2 Å². The van der Waals surface area contributed by atoms with Crippen molar-refractivity contribution in [3.63, 3.8) is 0 Å². The lowest BCUT2D eigenvalue weighted by Gasteiger charge is -2.29. The molecule has 0 amide bonds. The number of anilines is 2. The molecule has 0 unspecified atom stereocenters. The summed E-state index contributed by atoms with van der Waals surface area (Å²) in [5.41, 5.74) is 3.00. The highest BCUT2D eigenvalue weighted by Crippen LogP contribution is 2.44. The van der Waals surface area contributed by atoms with Crippen LogP contribution in [0.4, 0.5) is 15.9 Å². The van der Waals surface area contributed by atoms with Crippen LogP contribution < -0.4 is 10.6 Å². The van der Waals surface area contributed by atoms with E-state index in [0.717, 1.165) is 48.9 Å². The van der Waals surface area contributed by atoms with Gasteiger partial charge in [-0.05, 0) is 89.6 Å². The van der Waals surface area contributed by atoms with Crippen LogP contribution in [0.2, 0.25) is 0 Å². The maximum Gasteiger partial charge on any atom is 0.350 e. The predicted octanol–water partition coefficient (Wildman–Crippen LogP) is 5.92. The van der Waals surface area contributed by atoms with Crippen molar-refractivity contribution in [3.05, 3.63) is 63.8 Å². The summed E-state index contributed by atoms with van der Waals surface area (Å²) < 4.78 is 16.9. The molecule has 0 saturated heterocycles. The standard InChI is InChI=1S/C28H30FN3O/c1-27(2,3)32-23-13-8-11-21(29)24(23)25(30-26(32)33)31-18-6-5-10-20-19(9-7-12-22(20)31)14-15-28(4)16-17-28/h7-9,11-13H,5-6,10,16-18H2,1-4H3. The summed E-state index contributed by atoms with van der Waals surface area (Å²) in [4.78, 5) is 19.7. The van der Waals surface area contributed by atoms with E-state index in [9.17, 15) is 4.79 Å². The van der Waals surface area contributed by atoms with E-state index in [1.54, 1.807) is 10.6 Å². The summed E-state index contributed by atoms with van der Waals surface area (Å²) in [6.45, 7) is 8.69. The van der Waals surface area contributed by atoms with Crippen LogP contribution in [0.3, 0.4) is 0 Å². The van der Waals surface area contributed by atoms with Crippen molar-refractivity contribution < 1.29 is 4.39 Å². The summed E-state index contributed by atoms with van der Waals surface area (Å²) in [7, 11) is 0. The Hall–Kier alpha value is -3.13. The van der Waals surface area contributed by atoms with Crippen molar-refractivity contribution in [1.29, 1.82) is 0 Å². The average Bonchev–Trinajstić information content (AvgIpc) is 3.52. The highest BCUT2D eigenvalue weighted by Gasteiger charge is 2.35. The van der Waals surface area contributed by atoms with Crippen LogP contribution >= 0.6 is 0 Å². The molecule has 1 aliphatic carbocycles. The van der Waals surface area contributed by atoms with Gasteiger partial charge in [0.2, 0.25) is 0 Å². The Bertz CT molecular complexity index is 1370. The number of aromatic nitrogens is 2. The molecular weight excluding hydrogens is 413 g/mol. The zero-order valence-corrected chi connectivity index (χ0v) is 19.8. The van der Waals surface area contributed by atoms with Crippen LogP contribution in [0, 0.1) is 23.1 Å². The molecule has 0 bridgehead atoms. The van der Waals surface area contributed by atoms with Gasteiger partial charge in [-0.15, -0.1) is 0 Å². The molecule has 0 atom stereocenters. The highest BCUT2D eigenvalue weighted by atomic mass is 19.1. The summed E-state index contributed by atoms with van der Waals surface area (Å²) in [5, 5.41) is 0.391. The Morgan fingerprint density at radius 1 is 1.09 bits per heavy atom. The van der Waals surface area contributed by atoms with Gasteiger partial charge in [-0.2, -0.15) is 4.98 Å². The Morgan fingerprint density at radius 2 is 1.85 bits per heavy atom. The number of rotatable bonds is 1. The third-order valence-electron chi connectivity index (χ3n) is 6.77. The molecule has 3 aromatic rings. The molecule has 0 radical (unpaired) electrons. The largest absolute Gasteiger partial charge is 0.350 e. The Kier molecular flexibility index (Phi) is 5.08. The molecule has 0 N–H and O–H groups in total. The van der Waals surface area contributed by atoms with Crippen molar-refractivity contribution in [2.24, 2.45) is 5.41 Å². The maximum atomic E-state index is 15.3. The smallest absolute Gasteiger partial charge is 0.325 e.